The van der Waals surface area contributed by atoms with E-state index in [9.17, 15) is 18.0 Å². The van der Waals surface area contributed by atoms with E-state index in [0.29, 0.717) is 5.17 Å². The summed E-state index contributed by atoms with van der Waals surface area (Å²) in [5.41, 5.74) is 1.91. The zero-order chi connectivity index (χ0) is 19.8. The number of nitrogens with zero attached hydrogens (tertiary/aromatic N) is 2. The summed E-state index contributed by atoms with van der Waals surface area (Å²) >= 11 is 1.30. The molecule has 0 spiro atoms. The SMILES string of the molecule is CC(C)c1ccccc1N1C(=NC(=O)CCC(=O)O)S[C@@H]2CS(=O)(=O)C[C@H]21. The lowest BCUT2D eigenvalue weighted by molar-refractivity contribution is -0.138. The molecular formula is C18H22N2O5S2. The second kappa shape index (κ2) is 7.63. The van der Waals surface area contributed by atoms with Gasteiger partial charge in [-0.3, -0.25) is 9.59 Å². The van der Waals surface area contributed by atoms with Crippen LogP contribution >= 0.6 is 11.8 Å². The summed E-state index contributed by atoms with van der Waals surface area (Å²) in [5.74, 6) is -1.25. The molecule has 1 amide bonds. The normalized spacial score (nSPS) is 25.1. The van der Waals surface area contributed by atoms with Crippen molar-refractivity contribution in [1.29, 1.82) is 0 Å². The molecule has 2 heterocycles. The Balaban J connectivity index is 1.99. The van der Waals surface area contributed by atoms with Gasteiger partial charge in [0.25, 0.3) is 0 Å². The van der Waals surface area contributed by atoms with Crippen LogP contribution in [-0.4, -0.2) is 53.4 Å². The van der Waals surface area contributed by atoms with Crippen molar-refractivity contribution < 1.29 is 23.1 Å². The number of fused-ring (bicyclic) bond motifs is 1. The molecule has 1 aromatic rings. The molecular weight excluding hydrogens is 388 g/mol. The van der Waals surface area contributed by atoms with Crippen molar-refractivity contribution in [2.75, 3.05) is 16.4 Å². The number of benzene rings is 1. The minimum Gasteiger partial charge on any atom is -0.481 e. The van der Waals surface area contributed by atoms with Crippen LogP contribution in [0.25, 0.3) is 0 Å². The van der Waals surface area contributed by atoms with E-state index in [1.54, 1.807) is 0 Å². The van der Waals surface area contributed by atoms with Gasteiger partial charge in [-0.05, 0) is 17.5 Å². The van der Waals surface area contributed by atoms with Crippen molar-refractivity contribution in [2.45, 2.75) is 43.9 Å². The van der Waals surface area contributed by atoms with Gasteiger partial charge in [-0.15, -0.1) is 0 Å². The molecule has 1 aromatic carbocycles. The van der Waals surface area contributed by atoms with Gasteiger partial charge in [-0.25, -0.2) is 8.42 Å². The van der Waals surface area contributed by atoms with E-state index in [1.807, 2.05) is 29.2 Å². The zero-order valence-corrected chi connectivity index (χ0v) is 16.8. The molecule has 2 aliphatic rings. The van der Waals surface area contributed by atoms with Crippen LogP contribution < -0.4 is 4.90 Å². The van der Waals surface area contributed by atoms with Crippen molar-refractivity contribution in [3.8, 4) is 0 Å². The monoisotopic (exact) mass is 410 g/mol. The first-order chi connectivity index (χ1) is 12.7. The molecule has 146 valence electrons. The van der Waals surface area contributed by atoms with Gasteiger partial charge < -0.3 is 10.0 Å². The van der Waals surface area contributed by atoms with Crippen LogP contribution in [0.1, 0.15) is 38.2 Å². The van der Waals surface area contributed by atoms with Crippen molar-refractivity contribution >= 4 is 44.3 Å². The van der Waals surface area contributed by atoms with Crippen molar-refractivity contribution in [3.05, 3.63) is 29.8 Å². The van der Waals surface area contributed by atoms with Crippen LogP contribution in [0.5, 0.6) is 0 Å². The van der Waals surface area contributed by atoms with Crippen molar-refractivity contribution in [3.63, 3.8) is 0 Å². The molecule has 7 nitrogen and oxygen atoms in total. The number of amidine groups is 1. The van der Waals surface area contributed by atoms with E-state index >= 15 is 0 Å². The fraction of sp³-hybridized carbons (Fsp3) is 0.500. The number of anilines is 1. The fourth-order valence-corrected chi connectivity index (χ4v) is 7.34. The minimum atomic E-state index is -3.13. The summed E-state index contributed by atoms with van der Waals surface area (Å²) in [7, 11) is -3.13. The summed E-state index contributed by atoms with van der Waals surface area (Å²) < 4.78 is 24.3. The first-order valence-electron chi connectivity index (χ1n) is 8.76. The van der Waals surface area contributed by atoms with E-state index in [4.69, 9.17) is 5.11 Å². The highest BCUT2D eigenvalue weighted by Gasteiger charge is 2.49. The Morgan fingerprint density at radius 1 is 1.26 bits per heavy atom. The standard InChI is InChI=1S/C18H22N2O5S2/c1-11(2)12-5-3-4-6-13(12)20-14-9-27(24,25)10-15(14)26-18(20)19-16(21)7-8-17(22)23/h3-6,11,14-15H,7-10H2,1-2H3,(H,22,23)/t14-,15-/m1/s1. The van der Waals surface area contributed by atoms with Crippen LogP contribution in [0.4, 0.5) is 5.69 Å². The van der Waals surface area contributed by atoms with Gasteiger partial charge in [0, 0.05) is 17.4 Å². The molecule has 0 aliphatic carbocycles. The number of sulfone groups is 1. The summed E-state index contributed by atoms with van der Waals surface area (Å²) in [6, 6.07) is 7.45. The lowest BCUT2D eigenvalue weighted by Crippen LogP contribution is -2.38. The van der Waals surface area contributed by atoms with Crippen LogP contribution in [0.3, 0.4) is 0 Å². The molecule has 3 rings (SSSR count). The van der Waals surface area contributed by atoms with E-state index in [1.165, 1.54) is 11.8 Å². The van der Waals surface area contributed by atoms with Gasteiger partial charge in [0.05, 0.1) is 24.0 Å². The number of carbonyl (C=O) groups is 2. The van der Waals surface area contributed by atoms with Gasteiger partial charge in [0.1, 0.15) is 0 Å². The maximum atomic E-state index is 12.1. The smallest absolute Gasteiger partial charge is 0.303 e. The van der Waals surface area contributed by atoms with Crippen molar-refractivity contribution in [2.24, 2.45) is 4.99 Å². The minimum absolute atomic E-state index is 0.0272. The number of thioether (sulfide) groups is 1. The molecule has 1 N–H and O–H groups in total. The summed E-state index contributed by atoms with van der Waals surface area (Å²) in [5, 5.41) is 9.04. The summed E-state index contributed by atoms with van der Waals surface area (Å²) in [6.45, 7) is 4.11. The van der Waals surface area contributed by atoms with Gasteiger partial charge >= 0.3 is 5.97 Å². The van der Waals surface area contributed by atoms with E-state index in [-0.39, 0.29) is 41.6 Å². The number of carboxylic acid groups (broad SMARTS) is 1. The maximum absolute atomic E-state index is 12.1. The fourth-order valence-electron chi connectivity index (χ4n) is 3.42. The van der Waals surface area contributed by atoms with Gasteiger partial charge in [0.2, 0.25) is 5.91 Å². The van der Waals surface area contributed by atoms with Crippen LogP contribution in [0.15, 0.2) is 29.3 Å². The Morgan fingerprint density at radius 2 is 1.96 bits per heavy atom. The van der Waals surface area contributed by atoms with E-state index < -0.39 is 21.7 Å². The molecule has 0 radical (unpaired) electrons. The molecule has 9 heteroatoms. The maximum Gasteiger partial charge on any atom is 0.303 e. The summed E-state index contributed by atoms with van der Waals surface area (Å²) in [4.78, 5) is 28.8. The average Bonchev–Trinajstić information content (AvgIpc) is 3.03. The van der Waals surface area contributed by atoms with E-state index in [2.05, 4.69) is 18.8 Å². The Kier molecular flexibility index (Phi) is 5.62. The quantitative estimate of drug-likeness (QED) is 0.794. The molecule has 2 fully saturated rings. The first kappa shape index (κ1) is 19.9. The van der Waals surface area contributed by atoms with Crippen LogP contribution in [0.2, 0.25) is 0 Å². The van der Waals surface area contributed by atoms with Gasteiger partial charge in [-0.1, -0.05) is 43.8 Å². The van der Waals surface area contributed by atoms with Crippen molar-refractivity contribution in [1.82, 2.24) is 0 Å². The predicted octanol–water partition coefficient (Wildman–Crippen LogP) is 2.28. The van der Waals surface area contributed by atoms with Gasteiger partial charge in [-0.2, -0.15) is 4.99 Å². The number of aliphatic carboxylic acids is 1. The first-order valence-corrected chi connectivity index (χ1v) is 11.5. The Hall–Kier alpha value is -1.87. The third-order valence-corrected chi connectivity index (χ3v) is 7.87. The molecule has 2 aliphatic heterocycles. The second-order valence-corrected chi connectivity index (χ2v) is 10.4. The molecule has 27 heavy (non-hydrogen) atoms. The highest BCUT2D eigenvalue weighted by molar-refractivity contribution is 8.16. The number of hydrogen-bond donors (Lipinski definition) is 1. The predicted molar refractivity (Wildman–Crippen MR) is 106 cm³/mol. The Bertz CT molecular complexity index is 895. The Labute approximate surface area is 162 Å². The third kappa shape index (κ3) is 4.35. The second-order valence-electron chi connectivity index (χ2n) is 7.07. The zero-order valence-electron chi connectivity index (χ0n) is 15.2. The molecule has 0 saturated carbocycles. The Morgan fingerprint density at radius 3 is 2.63 bits per heavy atom. The number of aliphatic imine (C=N–C) groups is 1. The highest BCUT2D eigenvalue weighted by Crippen LogP contribution is 2.43. The lowest BCUT2D eigenvalue weighted by Gasteiger charge is -2.28. The number of carbonyl (C=O) groups excluding carboxylic acids is 1. The number of amides is 1. The largest absolute Gasteiger partial charge is 0.481 e. The van der Waals surface area contributed by atoms with Crippen LogP contribution in [-0.2, 0) is 19.4 Å². The highest BCUT2D eigenvalue weighted by atomic mass is 32.2. The topological polar surface area (TPSA) is 104 Å². The average molecular weight is 411 g/mol. The third-order valence-electron chi connectivity index (χ3n) is 4.66. The molecule has 2 atom stereocenters. The number of rotatable bonds is 5. The van der Waals surface area contributed by atoms with Gasteiger partial charge in [0.15, 0.2) is 15.0 Å². The molecule has 0 bridgehead atoms. The van der Waals surface area contributed by atoms with E-state index in [0.717, 1.165) is 11.3 Å². The number of hydrogen-bond acceptors (Lipinski definition) is 5. The number of para-hydroxylation sites is 1. The lowest BCUT2D eigenvalue weighted by atomic mass is 9.99. The molecule has 0 unspecified atom stereocenters. The summed E-state index contributed by atoms with van der Waals surface area (Å²) in [6.07, 6.45) is -0.448. The van der Waals surface area contributed by atoms with Crippen LogP contribution in [0, 0.1) is 0 Å². The number of carboxylic acids is 1. The molecule has 0 aromatic heterocycles. The molecule has 2 saturated heterocycles.